The maximum Gasteiger partial charge on any atom is 0.253 e. The van der Waals surface area contributed by atoms with Crippen LogP contribution in [0.2, 0.25) is 0 Å². The lowest BCUT2D eigenvalue weighted by atomic mass is 9.90. The minimum Gasteiger partial charge on any atom is -0.339 e. The minimum atomic E-state index is 0.0204. The zero-order valence-electron chi connectivity index (χ0n) is 18.9. The number of piperidine rings is 1. The van der Waals surface area contributed by atoms with Gasteiger partial charge in [0.2, 0.25) is 5.91 Å². The van der Waals surface area contributed by atoms with Crippen LogP contribution in [0.1, 0.15) is 34.6 Å². The summed E-state index contributed by atoms with van der Waals surface area (Å²) in [5, 5.41) is 4.12. The number of rotatable bonds is 4. The number of nitrogens with one attached hydrogen (secondary N) is 1. The molecule has 0 radical (unpaired) electrons. The van der Waals surface area contributed by atoms with Crippen molar-refractivity contribution in [1.82, 2.24) is 19.4 Å². The molecule has 3 heterocycles. The molecular weight excluding hydrogens is 446 g/mol. The molecule has 7 nitrogen and oxygen atoms in total. The Bertz CT molecular complexity index is 1370. The van der Waals surface area contributed by atoms with Crippen LogP contribution in [0.5, 0.6) is 0 Å². The predicted octanol–water partition coefficient (Wildman–Crippen LogP) is 4.67. The number of likely N-dealkylation sites (tertiary alicyclic amines) is 1. The molecule has 2 amide bonds. The second kappa shape index (κ2) is 8.06. The monoisotopic (exact) mass is 471 g/mol. The van der Waals surface area contributed by atoms with Crippen molar-refractivity contribution < 1.29 is 9.59 Å². The highest BCUT2D eigenvalue weighted by molar-refractivity contribution is 7.18. The molecular formula is C26H25N5O2S. The topological polar surface area (TPSA) is 80.1 Å². The lowest BCUT2D eigenvalue weighted by molar-refractivity contribution is -0.118. The molecule has 172 valence electrons. The minimum absolute atomic E-state index is 0.0204. The van der Waals surface area contributed by atoms with Gasteiger partial charge in [-0.2, -0.15) is 0 Å². The summed E-state index contributed by atoms with van der Waals surface area (Å²) in [6, 6.07) is 13.5. The molecule has 4 aromatic rings. The molecule has 34 heavy (non-hydrogen) atoms. The van der Waals surface area contributed by atoms with Gasteiger partial charge in [-0.3, -0.25) is 9.59 Å². The van der Waals surface area contributed by atoms with Gasteiger partial charge in [-0.05, 0) is 74.1 Å². The standard InChI is InChI=1S/C26H25N5O2S/c1-17-28-22-14-19(4-7-23(22)34-17)29-24(32)21-15-26(21)8-11-30(12-9-26)25(33)18-2-5-20(6-3-18)31-13-10-27-16-31/h2-7,10,13-14,16,21H,8-9,11-12,15H2,1H3,(H,29,32). The molecule has 1 N–H and O–H groups in total. The van der Waals surface area contributed by atoms with Gasteiger partial charge in [0.15, 0.2) is 0 Å². The summed E-state index contributed by atoms with van der Waals surface area (Å²) in [6.45, 7) is 3.37. The molecule has 1 saturated heterocycles. The van der Waals surface area contributed by atoms with Crippen LogP contribution in [0.25, 0.3) is 15.9 Å². The molecule has 1 spiro atoms. The zero-order valence-corrected chi connectivity index (χ0v) is 19.7. The van der Waals surface area contributed by atoms with E-state index in [9.17, 15) is 9.59 Å². The highest BCUT2D eigenvalue weighted by atomic mass is 32.1. The Morgan fingerprint density at radius 2 is 1.91 bits per heavy atom. The van der Waals surface area contributed by atoms with Gasteiger partial charge in [0.25, 0.3) is 5.91 Å². The number of hydrogen-bond acceptors (Lipinski definition) is 5. The SMILES string of the molecule is Cc1nc2cc(NC(=O)C3CC34CCN(C(=O)c3ccc(-n5ccnc5)cc3)CC4)ccc2s1. The molecule has 2 aromatic carbocycles. The Morgan fingerprint density at radius 3 is 2.65 bits per heavy atom. The van der Waals surface area contributed by atoms with Crippen LogP contribution in [0, 0.1) is 18.3 Å². The van der Waals surface area contributed by atoms with Crippen molar-refractivity contribution in [2.75, 3.05) is 18.4 Å². The van der Waals surface area contributed by atoms with Gasteiger partial charge in [0, 0.05) is 48.3 Å². The Labute approximate surface area is 201 Å². The first-order valence-electron chi connectivity index (χ1n) is 11.6. The summed E-state index contributed by atoms with van der Waals surface area (Å²) in [5.74, 6) is 0.161. The van der Waals surface area contributed by atoms with E-state index in [1.807, 2.05) is 65.1 Å². The van der Waals surface area contributed by atoms with Gasteiger partial charge in [-0.1, -0.05) is 0 Å². The third kappa shape index (κ3) is 3.77. The normalized spacial score (nSPS) is 18.9. The third-order valence-corrected chi connectivity index (χ3v) is 8.18. The van der Waals surface area contributed by atoms with Gasteiger partial charge in [-0.15, -0.1) is 11.3 Å². The number of nitrogens with zero attached hydrogens (tertiary/aromatic N) is 4. The first-order chi connectivity index (χ1) is 16.5. The predicted molar refractivity (Wildman–Crippen MR) is 132 cm³/mol. The van der Waals surface area contributed by atoms with E-state index in [-0.39, 0.29) is 23.1 Å². The van der Waals surface area contributed by atoms with Gasteiger partial charge >= 0.3 is 0 Å². The summed E-state index contributed by atoms with van der Waals surface area (Å²) in [6.07, 6.45) is 7.98. The number of aromatic nitrogens is 3. The van der Waals surface area contributed by atoms with Crippen LogP contribution >= 0.6 is 11.3 Å². The first-order valence-corrected chi connectivity index (χ1v) is 12.4. The average molecular weight is 472 g/mol. The second-order valence-corrected chi connectivity index (χ2v) is 10.6. The van der Waals surface area contributed by atoms with E-state index in [1.165, 1.54) is 0 Å². The lowest BCUT2D eigenvalue weighted by Crippen LogP contribution is -2.40. The summed E-state index contributed by atoms with van der Waals surface area (Å²) >= 11 is 1.66. The van der Waals surface area contributed by atoms with E-state index in [0.29, 0.717) is 18.7 Å². The Hall–Kier alpha value is -3.52. The molecule has 2 aliphatic rings. The van der Waals surface area contributed by atoms with E-state index in [0.717, 1.165) is 45.9 Å². The van der Waals surface area contributed by atoms with E-state index < -0.39 is 0 Å². The fraction of sp³-hybridized carbons (Fsp3) is 0.308. The fourth-order valence-corrected chi connectivity index (χ4v) is 5.95. The van der Waals surface area contributed by atoms with Crippen molar-refractivity contribution in [2.45, 2.75) is 26.2 Å². The number of hydrogen-bond donors (Lipinski definition) is 1. The number of thiazole rings is 1. The highest BCUT2D eigenvalue weighted by Crippen LogP contribution is 2.59. The molecule has 1 aliphatic heterocycles. The number of anilines is 1. The molecule has 1 atom stereocenters. The quantitative estimate of drug-likeness (QED) is 0.469. The molecule has 8 heteroatoms. The van der Waals surface area contributed by atoms with Gasteiger partial charge < -0.3 is 14.8 Å². The van der Waals surface area contributed by atoms with E-state index in [4.69, 9.17) is 0 Å². The number of fused-ring (bicyclic) bond motifs is 1. The molecule has 1 aliphatic carbocycles. The molecule has 1 unspecified atom stereocenters. The number of benzene rings is 2. The van der Waals surface area contributed by atoms with Crippen LogP contribution in [-0.2, 0) is 4.79 Å². The van der Waals surface area contributed by atoms with E-state index >= 15 is 0 Å². The summed E-state index contributed by atoms with van der Waals surface area (Å²) in [5.41, 5.74) is 3.43. The molecule has 6 rings (SSSR count). The highest BCUT2D eigenvalue weighted by Gasteiger charge is 2.58. The maximum absolute atomic E-state index is 13.0. The summed E-state index contributed by atoms with van der Waals surface area (Å²) in [7, 11) is 0. The number of imidazole rings is 1. The molecule has 0 bridgehead atoms. The zero-order chi connectivity index (χ0) is 23.3. The number of carbonyl (C=O) groups excluding carboxylic acids is 2. The molecule has 2 aromatic heterocycles. The number of aryl methyl sites for hydroxylation is 1. The largest absolute Gasteiger partial charge is 0.339 e. The van der Waals surface area contributed by atoms with Crippen molar-refractivity contribution in [3.05, 3.63) is 71.8 Å². The van der Waals surface area contributed by atoms with Crippen molar-refractivity contribution in [1.29, 1.82) is 0 Å². The van der Waals surface area contributed by atoms with Crippen molar-refractivity contribution in [3.8, 4) is 5.69 Å². The maximum atomic E-state index is 13.0. The number of amides is 2. The smallest absolute Gasteiger partial charge is 0.253 e. The Kier molecular flexibility index (Phi) is 4.99. The third-order valence-electron chi connectivity index (χ3n) is 7.23. The van der Waals surface area contributed by atoms with Crippen LogP contribution < -0.4 is 5.32 Å². The second-order valence-electron chi connectivity index (χ2n) is 9.33. The van der Waals surface area contributed by atoms with Gasteiger partial charge in [0.05, 0.1) is 21.6 Å². The molecule has 1 saturated carbocycles. The fourth-order valence-electron chi connectivity index (χ4n) is 5.15. The van der Waals surface area contributed by atoms with Crippen LogP contribution in [0.15, 0.2) is 61.2 Å². The van der Waals surface area contributed by atoms with Crippen molar-refractivity contribution in [2.24, 2.45) is 11.3 Å². The van der Waals surface area contributed by atoms with Crippen LogP contribution in [0.3, 0.4) is 0 Å². The summed E-state index contributed by atoms with van der Waals surface area (Å²) in [4.78, 5) is 36.5. The van der Waals surface area contributed by atoms with Gasteiger partial charge in [-0.25, -0.2) is 9.97 Å². The van der Waals surface area contributed by atoms with Crippen molar-refractivity contribution >= 4 is 39.1 Å². The summed E-state index contributed by atoms with van der Waals surface area (Å²) < 4.78 is 3.04. The van der Waals surface area contributed by atoms with Crippen molar-refractivity contribution in [3.63, 3.8) is 0 Å². The average Bonchev–Trinajstić information content (AvgIpc) is 3.17. The Morgan fingerprint density at radius 1 is 1.12 bits per heavy atom. The Balaban J connectivity index is 1.06. The first kappa shape index (κ1) is 21.0. The van der Waals surface area contributed by atoms with Crippen LogP contribution in [0.4, 0.5) is 5.69 Å². The molecule has 2 fully saturated rings. The lowest BCUT2D eigenvalue weighted by Gasteiger charge is -2.33. The van der Waals surface area contributed by atoms with Crippen LogP contribution in [-0.4, -0.2) is 44.3 Å². The van der Waals surface area contributed by atoms with Gasteiger partial charge in [0.1, 0.15) is 0 Å². The van der Waals surface area contributed by atoms with E-state index in [1.54, 1.807) is 23.9 Å². The van der Waals surface area contributed by atoms with E-state index in [2.05, 4.69) is 15.3 Å². The number of carbonyl (C=O) groups is 2.